The number of hydrogen-bond donors (Lipinski definition) is 1. The van der Waals surface area contributed by atoms with Crippen LogP contribution in [0.25, 0.3) is 11.1 Å². The van der Waals surface area contributed by atoms with Crippen molar-refractivity contribution in [3.05, 3.63) is 59.1 Å². The van der Waals surface area contributed by atoms with Gasteiger partial charge in [-0.1, -0.05) is 41.9 Å². The highest BCUT2D eigenvalue weighted by molar-refractivity contribution is 6.30. The topological polar surface area (TPSA) is 12.0 Å². The van der Waals surface area contributed by atoms with Crippen LogP contribution in [-0.4, -0.2) is 7.05 Å². The van der Waals surface area contributed by atoms with Crippen LogP contribution in [0.4, 0.5) is 0 Å². The molecule has 19 heavy (non-hydrogen) atoms. The number of benzene rings is 2. The van der Waals surface area contributed by atoms with Gasteiger partial charge in [-0.2, -0.15) is 0 Å². The second-order valence-electron chi connectivity index (χ2n) is 4.92. The van der Waals surface area contributed by atoms with Gasteiger partial charge >= 0.3 is 0 Å². The Morgan fingerprint density at radius 2 is 1.68 bits per heavy atom. The van der Waals surface area contributed by atoms with E-state index in [1.54, 1.807) is 0 Å². The molecule has 1 fully saturated rings. The lowest BCUT2D eigenvalue weighted by Crippen LogP contribution is -2.24. The zero-order valence-electron chi connectivity index (χ0n) is 10.8. The smallest absolute Gasteiger partial charge is 0.0434 e. The molecule has 1 N–H and O–H groups in total. The SMILES string of the molecule is CNC1(c2cccc(-c3ccc(Cl)cc3)c2)CC1.Cl. The molecule has 0 aromatic heterocycles. The summed E-state index contributed by atoms with van der Waals surface area (Å²) in [4.78, 5) is 0. The fourth-order valence-corrected chi connectivity index (χ4v) is 2.57. The lowest BCUT2D eigenvalue weighted by molar-refractivity contribution is 0.586. The summed E-state index contributed by atoms with van der Waals surface area (Å²) in [5.41, 5.74) is 4.08. The number of halogens is 2. The minimum atomic E-state index is 0. The summed E-state index contributed by atoms with van der Waals surface area (Å²) in [7, 11) is 2.04. The van der Waals surface area contributed by atoms with Crippen molar-refractivity contribution >= 4 is 24.0 Å². The maximum Gasteiger partial charge on any atom is 0.0434 e. The highest BCUT2D eigenvalue weighted by atomic mass is 35.5. The molecular weight excluding hydrogens is 277 g/mol. The summed E-state index contributed by atoms with van der Waals surface area (Å²) in [6.07, 6.45) is 2.46. The Labute approximate surface area is 125 Å². The lowest BCUT2D eigenvalue weighted by atomic mass is 9.98. The van der Waals surface area contributed by atoms with Crippen molar-refractivity contribution in [1.29, 1.82) is 0 Å². The van der Waals surface area contributed by atoms with Gasteiger partial charge in [0.05, 0.1) is 0 Å². The van der Waals surface area contributed by atoms with E-state index in [1.165, 1.54) is 29.5 Å². The van der Waals surface area contributed by atoms with Gasteiger partial charge in [0.2, 0.25) is 0 Å². The molecule has 2 aromatic carbocycles. The summed E-state index contributed by atoms with van der Waals surface area (Å²) in [5.74, 6) is 0. The Bertz CT molecular complexity index is 559. The molecule has 1 aliphatic carbocycles. The molecular formula is C16H17Cl2N. The monoisotopic (exact) mass is 293 g/mol. The summed E-state index contributed by atoms with van der Waals surface area (Å²) in [6.45, 7) is 0. The van der Waals surface area contributed by atoms with E-state index in [9.17, 15) is 0 Å². The zero-order chi connectivity index (χ0) is 12.6. The van der Waals surface area contributed by atoms with Crippen LogP contribution < -0.4 is 5.32 Å². The van der Waals surface area contributed by atoms with E-state index >= 15 is 0 Å². The first-order chi connectivity index (χ1) is 8.73. The third-order valence-electron chi connectivity index (χ3n) is 3.82. The molecule has 0 aliphatic heterocycles. The van der Waals surface area contributed by atoms with Crippen molar-refractivity contribution in [2.75, 3.05) is 7.05 Å². The molecule has 0 amide bonds. The Balaban J connectivity index is 0.00000133. The Morgan fingerprint density at radius 3 is 2.26 bits per heavy atom. The van der Waals surface area contributed by atoms with E-state index in [-0.39, 0.29) is 17.9 Å². The second kappa shape index (κ2) is 5.54. The highest BCUT2D eigenvalue weighted by Crippen LogP contribution is 2.45. The van der Waals surface area contributed by atoms with Gasteiger partial charge in [-0.05, 0) is 54.8 Å². The first-order valence-corrected chi connectivity index (χ1v) is 6.67. The molecule has 0 radical (unpaired) electrons. The minimum Gasteiger partial charge on any atom is -0.310 e. The van der Waals surface area contributed by atoms with E-state index in [0.29, 0.717) is 0 Å². The third kappa shape index (κ3) is 2.79. The first-order valence-electron chi connectivity index (χ1n) is 6.29. The van der Waals surface area contributed by atoms with Crippen molar-refractivity contribution in [2.45, 2.75) is 18.4 Å². The van der Waals surface area contributed by atoms with Crippen LogP contribution in [0, 0.1) is 0 Å². The molecule has 0 heterocycles. The number of rotatable bonds is 3. The summed E-state index contributed by atoms with van der Waals surface area (Å²) in [5, 5.41) is 4.22. The first kappa shape index (κ1) is 14.4. The molecule has 3 rings (SSSR count). The number of nitrogens with one attached hydrogen (secondary N) is 1. The summed E-state index contributed by atoms with van der Waals surface area (Å²) in [6, 6.07) is 16.8. The normalized spacial score (nSPS) is 15.7. The van der Waals surface area contributed by atoms with Gasteiger partial charge in [-0.25, -0.2) is 0 Å². The summed E-state index contributed by atoms with van der Waals surface area (Å²) >= 11 is 5.93. The lowest BCUT2D eigenvalue weighted by Gasteiger charge is -2.15. The van der Waals surface area contributed by atoms with Gasteiger partial charge in [0.15, 0.2) is 0 Å². The zero-order valence-corrected chi connectivity index (χ0v) is 12.4. The van der Waals surface area contributed by atoms with E-state index in [4.69, 9.17) is 11.6 Å². The van der Waals surface area contributed by atoms with Crippen LogP contribution in [0.15, 0.2) is 48.5 Å². The largest absolute Gasteiger partial charge is 0.310 e. The molecule has 0 bridgehead atoms. The van der Waals surface area contributed by atoms with E-state index in [1.807, 2.05) is 19.2 Å². The molecule has 0 spiro atoms. The van der Waals surface area contributed by atoms with Crippen LogP contribution in [-0.2, 0) is 5.54 Å². The molecule has 0 atom stereocenters. The van der Waals surface area contributed by atoms with Crippen molar-refractivity contribution in [1.82, 2.24) is 5.32 Å². The maximum absolute atomic E-state index is 5.93. The van der Waals surface area contributed by atoms with E-state index < -0.39 is 0 Å². The van der Waals surface area contributed by atoms with E-state index in [2.05, 4.69) is 41.7 Å². The van der Waals surface area contributed by atoms with Gasteiger partial charge in [0.1, 0.15) is 0 Å². The Morgan fingerprint density at radius 1 is 1.00 bits per heavy atom. The van der Waals surface area contributed by atoms with Gasteiger partial charge in [-0.15, -0.1) is 12.4 Å². The van der Waals surface area contributed by atoms with E-state index in [0.717, 1.165) is 5.02 Å². The van der Waals surface area contributed by atoms with Gasteiger partial charge in [0.25, 0.3) is 0 Å². The van der Waals surface area contributed by atoms with Crippen molar-refractivity contribution in [3.8, 4) is 11.1 Å². The number of hydrogen-bond acceptors (Lipinski definition) is 1. The second-order valence-corrected chi connectivity index (χ2v) is 5.36. The van der Waals surface area contributed by atoms with Gasteiger partial charge in [-0.3, -0.25) is 0 Å². The summed E-state index contributed by atoms with van der Waals surface area (Å²) < 4.78 is 0. The van der Waals surface area contributed by atoms with Gasteiger partial charge < -0.3 is 5.32 Å². The van der Waals surface area contributed by atoms with Gasteiger partial charge in [0, 0.05) is 10.6 Å². The van der Waals surface area contributed by atoms with Crippen LogP contribution in [0.5, 0.6) is 0 Å². The highest BCUT2D eigenvalue weighted by Gasteiger charge is 2.42. The quantitative estimate of drug-likeness (QED) is 0.869. The van der Waals surface area contributed by atoms with Crippen LogP contribution in [0.2, 0.25) is 5.02 Å². The predicted molar refractivity (Wildman–Crippen MR) is 84.1 cm³/mol. The molecule has 2 aromatic rings. The van der Waals surface area contributed by atoms with Crippen molar-refractivity contribution < 1.29 is 0 Å². The average molecular weight is 294 g/mol. The Kier molecular flexibility index (Phi) is 4.19. The van der Waals surface area contributed by atoms with Crippen LogP contribution in [0.1, 0.15) is 18.4 Å². The predicted octanol–water partition coefficient (Wildman–Crippen LogP) is 4.64. The van der Waals surface area contributed by atoms with Crippen molar-refractivity contribution in [3.63, 3.8) is 0 Å². The standard InChI is InChI=1S/C16H16ClN.ClH/c1-18-16(9-10-16)14-4-2-3-13(11-14)12-5-7-15(17)8-6-12;/h2-8,11,18H,9-10H2,1H3;1H. The van der Waals surface area contributed by atoms with Crippen molar-refractivity contribution in [2.24, 2.45) is 0 Å². The molecule has 1 nitrogen and oxygen atoms in total. The molecule has 1 aliphatic rings. The molecule has 0 unspecified atom stereocenters. The fourth-order valence-electron chi connectivity index (χ4n) is 2.45. The minimum absolute atomic E-state index is 0. The third-order valence-corrected chi connectivity index (χ3v) is 4.07. The maximum atomic E-state index is 5.93. The Hall–Kier alpha value is -1.02. The molecule has 3 heteroatoms. The van der Waals surface area contributed by atoms with Crippen LogP contribution in [0.3, 0.4) is 0 Å². The molecule has 100 valence electrons. The average Bonchev–Trinajstić information content (AvgIpc) is 3.21. The fraction of sp³-hybridized carbons (Fsp3) is 0.250. The molecule has 1 saturated carbocycles. The molecule has 0 saturated heterocycles. The van der Waals surface area contributed by atoms with Crippen LogP contribution >= 0.6 is 24.0 Å².